The molecule has 178 valence electrons. The molecule has 3 heterocycles. The number of nitrogens with one attached hydrogen (secondary N) is 1. The first kappa shape index (κ1) is 22.4. The summed E-state index contributed by atoms with van der Waals surface area (Å²) in [6, 6.07) is 11.6. The summed E-state index contributed by atoms with van der Waals surface area (Å²) in [4.78, 5) is 46.1. The Morgan fingerprint density at radius 2 is 1.71 bits per heavy atom. The molecule has 5 rings (SSSR count). The van der Waals surface area contributed by atoms with Crippen LogP contribution in [0.25, 0.3) is 22.3 Å². The molecule has 35 heavy (non-hydrogen) atoms. The van der Waals surface area contributed by atoms with Crippen molar-refractivity contribution >= 4 is 28.5 Å². The minimum atomic E-state index is -0.819. The van der Waals surface area contributed by atoms with Crippen molar-refractivity contribution < 1.29 is 18.8 Å². The molecule has 11 heteroatoms. The Labute approximate surface area is 199 Å². The van der Waals surface area contributed by atoms with Gasteiger partial charge in [0.15, 0.2) is 0 Å². The van der Waals surface area contributed by atoms with Crippen LogP contribution in [0.4, 0.5) is 4.39 Å². The Hall–Kier alpha value is -4.41. The fourth-order valence-electron chi connectivity index (χ4n) is 4.19. The van der Waals surface area contributed by atoms with E-state index in [1.165, 1.54) is 28.0 Å². The molecule has 0 bridgehead atoms. The molecule has 1 N–H and O–H groups in total. The van der Waals surface area contributed by atoms with Gasteiger partial charge in [0.2, 0.25) is 5.82 Å². The SMILES string of the molecule is CCn1nnc(-c2ccc(F)c3c(C(=O)C(=O)N4CCN(C(=O)c5ccccc5)CC4)c[nH]c23)n1. The number of rotatable bonds is 5. The number of fused-ring (bicyclic) bond motifs is 1. The number of hydrogen-bond donors (Lipinski definition) is 1. The van der Waals surface area contributed by atoms with E-state index in [1.54, 1.807) is 29.2 Å². The molecule has 0 spiro atoms. The number of carbonyl (C=O) groups excluding carboxylic acids is 3. The van der Waals surface area contributed by atoms with Gasteiger partial charge in [0, 0.05) is 48.9 Å². The van der Waals surface area contributed by atoms with Crippen molar-refractivity contribution in [2.24, 2.45) is 0 Å². The number of benzene rings is 2. The number of halogens is 1. The number of amides is 2. The zero-order valence-electron chi connectivity index (χ0n) is 18.9. The molecule has 1 aliphatic rings. The highest BCUT2D eigenvalue weighted by atomic mass is 19.1. The van der Waals surface area contributed by atoms with Crippen molar-refractivity contribution in [3.05, 3.63) is 65.6 Å². The lowest BCUT2D eigenvalue weighted by molar-refractivity contribution is -0.127. The van der Waals surface area contributed by atoms with Gasteiger partial charge in [-0.1, -0.05) is 18.2 Å². The van der Waals surface area contributed by atoms with Gasteiger partial charge in [-0.05, 0) is 36.4 Å². The minimum Gasteiger partial charge on any atom is -0.360 e. The fraction of sp³-hybridized carbons (Fsp3) is 0.250. The van der Waals surface area contributed by atoms with E-state index in [2.05, 4.69) is 20.4 Å². The third-order valence-corrected chi connectivity index (χ3v) is 6.07. The molecule has 2 amide bonds. The highest BCUT2D eigenvalue weighted by Gasteiger charge is 2.31. The van der Waals surface area contributed by atoms with Crippen LogP contribution in [0, 0.1) is 5.82 Å². The summed E-state index contributed by atoms with van der Waals surface area (Å²) in [6.07, 6.45) is 1.33. The number of tetrazole rings is 1. The minimum absolute atomic E-state index is 0.00610. The Kier molecular flexibility index (Phi) is 5.81. The molecule has 1 saturated heterocycles. The molecule has 2 aromatic carbocycles. The molecule has 0 saturated carbocycles. The number of nitrogens with zero attached hydrogens (tertiary/aromatic N) is 6. The monoisotopic (exact) mass is 475 g/mol. The smallest absolute Gasteiger partial charge is 0.295 e. The molecular formula is C24H22FN7O3. The Balaban J connectivity index is 1.35. The lowest BCUT2D eigenvalue weighted by Crippen LogP contribution is -2.52. The summed E-state index contributed by atoms with van der Waals surface area (Å²) in [5.74, 6) is -2.03. The first-order valence-electron chi connectivity index (χ1n) is 11.2. The van der Waals surface area contributed by atoms with Crippen LogP contribution in [-0.2, 0) is 11.3 Å². The molecule has 0 aliphatic carbocycles. The maximum Gasteiger partial charge on any atom is 0.295 e. The van der Waals surface area contributed by atoms with Gasteiger partial charge >= 0.3 is 0 Å². The summed E-state index contributed by atoms with van der Waals surface area (Å²) in [7, 11) is 0. The first-order valence-corrected chi connectivity index (χ1v) is 11.2. The standard InChI is InChI=1S/C24H22FN7O3/c1-2-32-28-22(27-29-32)16-8-9-18(25)19-17(14-26-20(16)19)21(33)24(35)31-12-10-30(11-13-31)23(34)15-6-4-3-5-7-15/h3-9,14,26H,2,10-13H2,1H3. The average Bonchev–Trinajstić information content (AvgIpc) is 3.57. The van der Waals surface area contributed by atoms with Crippen LogP contribution in [0.3, 0.4) is 0 Å². The van der Waals surface area contributed by atoms with E-state index in [1.807, 2.05) is 13.0 Å². The summed E-state index contributed by atoms with van der Waals surface area (Å²) in [6.45, 7) is 3.41. The van der Waals surface area contributed by atoms with Crippen LogP contribution in [0.15, 0.2) is 48.7 Å². The van der Waals surface area contributed by atoms with Crippen molar-refractivity contribution in [2.75, 3.05) is 26.2 Å². The van der Waals surface area contributed by atoms with Crippen LogP contribution in [-0.4, -0.2) is 78.8 Å². The quantitative estimate of drug-likeness (QED) is 0.349. The molecule has 2 aromatic heterocycles. The topological polar surface area (TPSA) is 117 Å². The van der Waals surface area contributed by atoms with Gasteiger partial charge in [0.05, 0.1) is 17.6 Å². The van der Waals surface area contributed by atoms with Gasteiger partial charge in [-0.2, -0.15) is 4.80 Å². The second-order valence-corrected chi connectivity index (χ2v) is 8.13. The van der Waals surface area contributed by atoms with Crippen molar-refractivity contribution in [3.8, 4) is 11.4 Å². The Morgan fingerprint density at radius 1 is 1.00 bits per heavy atom. The van der Waals surface area contributed by atoms with E-state index in [9.17, 15) is 18.8 Å². The average molecular weight is 475 g/mol. The number of piperazine rings is 1. The number of aromatic nitrogens is 5. The normalized spacial score (nSPS) is 13.9. The molecule has 1 fully saturated rings. The zero-order valence-corrected chi connectivity index (χ0v) is 18.9. The maximum atomic E-state index is 14.8. The molecule has 10 nitrogen and oxygen atoms in total. The highest BCUT2D eigenvalue weighted by molar-refractivity contribution is 6.45. The predicted octanol–water partition coefficient (Wildman–Crippen LogP) is 2.15. The third-order valence-electron chi connectivity index (χ3n) is 6.07. The van der Waals surface area contributed by atoms with E-state index in [4.69, 9.17) is 0 Å². The molecule has 0 radical (unpaired) electrons. The number of Topliss-reactive ketones (excluding diaryl/α,β-unsaturated/α-hetero) is 1. The van der Waals surface area contributed by atoms with Crippen LogP contribution in [0.5, 0.6) is 0 Å². The number of aryl methyl sites for hydroxylation is 1. The van der Waals surface area contributed by atoms with Gasteiger partial charge in [-0.3, -0.25) is 14.4 Å². The largest absolute Gasteiger partial charge is 0.360 e. The van der Waals surface area contributed by atoms with Crippen LogP contribution < -0.4 is 0 Å². The number of aromatic amines is 1. The summed E-state index contributed by atoms with van der Waals surface area (Å²) in [5, 5.41) is 12.2. The van der Waals surface area contributed by atoms with Gasteiger partial charge in [0.25, 0.3) is 17.6 Å². The summed E-state index contributed by atoms with van der Waals surface area (Å²) >= 11 is 0. The summed E-state index contributed by atoms with van der Waals surface area (Å²) < 4.78 is 14.8. The maximum absolute atomic E-state index is 14.8. The van der Waals surface area contributed by atoms with Gasteiger partial charge < -0.3 is 14.8 Å². The van der Waals surface area contributed by atoms with Gasteiger partial charge in [0.1, 0.15) is 5.82 Å². The molecule has 0 atom stereocenters. The van der Waals surface area contributed by atoms with E-state index >= 15 is 0 Å². The first-order chi connectivity index (χ1) is 17.0. The predicted molar refractivity (Wildman–Crippen MR) is 124 cm³/mol. The number of carbonyl (C=O) groups is 3. The molecule has 1 aliphatic heterocycles. The van der Waals surface area contributed by atoms with E-state index in [0.717, 1.165) is 0 Å². The van der Waals surface area contributed by atoms with Crippen molar-refractivity contribution in [1.29, 1.82) is 0 Å². The van der Waals surface area contributed by atoms with Crippen LogP contribution in [0.2, 0.25) is 0 Å². The fourth-order valence-corrected chi connectivity index (χ4v) is 4.19. The van der Waals surface area contributed by atoms with E-state index < -0.39 is 17.5 Å². The highest BCUT2D eigenvalue weighted by Crippen LogP contribution is 2.30. The van der Waals surface area contributed by atoms with Crippen LogP contribution >= 0.6 is 0 Å². The second-order valence-electron chi connectivity index (χ2n) is 8.13. The van der Waals surface area contributed by atoms with Crippen molar-refractivity contribution in [1.82, 2.24) is 35.0 Å². The van der Waals surface area contributed by atoms with Gasteiger partial charge in [-0.15, -0.1) is 10.2 Å². The number of ketones is 1. The zero-order chi connectivity index (χ0) is 24.5. The second kappa shape index (κ2) is 9.09. The van der Waals surface area contributed by atoms with Crippen LogP contribution in [0.1, 0.15) is 27.6 Å². The lowest BCUT2D eigenvalue weighted by Gasteiger charge is -2.34. The molecule has 4 aromatic rings. The number of hydrogen-bond acceptors (Lipinski definition) is 6. The van der Waals surface area contributed by atoms with Crippen molar-refractivity contribution in [2.45, 2.75) is 13.5 Å². The third kappa shape index (κ3) is 4.05. The van der Waals surface area contributed by atoms with E-state index in [0.29, 0.717) is 36.3 Å². The summed E-state index contributed by atoms with van der Waals surface area (Å²) in [5.41, 5.74) is 1.30. The molecular weight excluding hydrogens is 453 g/mol. The Morgan fingerprint density at radius 3 is 2.40 bits per heavy atom. The van der Waals surface area contributed by atoms with Crippen molar-refractivity contribution in [3.63, 3.8) is 0 Å². The lowest BCUT2D eigenvalue weighted by atomic mass is 10.0. The van der Waals surface area contributed by atoms with Gasteiger partial charge in [-0.25, -0.2) is 4.39 Å². The Bertz CT molecular complexity index is 1420. The molecule has 0 unspecified atom stereocenters. The number of H-pyrrole nitrogens is 1. The van der Waals surface area contributed by atoms with E-state index in [-0.39, 0.29) is 35.8 Å².